The van der Waals surface area contributed by atoms with E-state index in [4.69, 9.17) is 9.73 Å². The number of piperazine rings is 1. The lowest BCUT2D eigenvalue weighted by atomic mass is 9.76. The number of nitrogens with one attached hydrogen (secondary N) is 1. The molecule has 212 valence electrons. The van der Waals surface area contributed by atoms with Crippen LogP contribution in [0, 0.1) is 6.92 Å². The van der Waals surface area contributed by atoms with Crippen LogP contribution in [-0.2, 0) is 6.54 Å². The first-order chi connectivity index (χ1) is 20.5. The number of ether oxygens (including phenoxy) is 1. The van der Waals surface area contributed by atoms with E-state index in [1.807, 2.05) is 31.2 Å². The first kappa shape index (κ1) is 26.6. The summed E-state index contributed by atoms with van der Waals surface area (Å²) >= 11 is 0. The van der Waals surface area contributed by atoms with Crippen molar-refractivity contribution in [2.24, 2.45) is 4.99 Å². The Balaban J connectivity index is 1.06. The van der Waals surface area contributed by atoms with E-state index in [2.05, 4.69) is 45.4 Å². The number of fused-ring (bicyclic) bond motifs is 4. The minimum atomic E-state index is -0.541. The molecule has 2 heterocycles. The molecular formula is C35H34N4O3. The summed E-state index contributed by atoms with van der Waals surface area (Å²) in [6.45, 7) is 8.86. The average Bonchev–Trinajstić information content (AvgIpc) is 3.02. The van der Waals surface area contributed by atoms with Gasteiger partial charge in [0.15, 0.2) is 17.7 Å². The third kappa shape index (κ3) is 4.99. The second kappa shape index (κ2) is 11.2. The Morgan fingerprint density at radius 2 is 1.55 bits per heavy atom. The molecule has 1 fully saturated rings. The summed E-state index contributed by atoms with van der Waals surface area (Å²) in [5.41, 5.74) is 5.88. The Kier molecular flexibility index (Phi) is 7.06. The van der Waals surface area contributed by atoms with Gasteiger partial charge >= 0.3 is 0 Å². The molecule has 2 aliphatic carbocycles. The van der Waals surface area contributed by atoms with Gasteiger partial charge in [0, 0.05) is 56.1 Å². The normalized spacial score (nSPS) is 20.1. The number of aryl methyl sites for hydroxylation is 1. The highest BCUT2D eigenvalue weighted by atomic mass is 16.5. The van der Waals surface area contributed by atoms with Crippen LogP contribution in [0.5, 0.6) is 5.75 Å². The van der Waals surface area contributed by atoms with Crippen molar-refractivity contribution in [3.8, 4) is 5.75 Å². The number of nitrogens with zero attached hydrogens (tertiary/aromatic N) is 3. The summed E-state index contributed by atoms with van der Waals surface area (Å²) in [5, 5.41) is 3.51. The fourth-order valence-electron chi connectivity index (χ4n) is 6.31. The number of rotatable bonds is 7. The largest absolute Gasteiger partial charge is 0.478 e. The summed E-state index contributed by atoms with van der Waals surface area (Å²) in [6, 6.07) is 23.5. The van der Waals surface area contributed by atoms with Crippen molar-refractivity contribution in [3.63, 3.8) is 0 Å². The lowest BCUT2D eigenvalue weighted by Crippen LogP contribution is -2.46. The Labute approximate surface area is 246 Å². The number of carbonyl (C=O) groups excluding carboxylic acids is 2. The van der Waals surface area contributed by atoms with E-state index in [9.17, 15) is 9.59 Å². The zero-order valence-corrected chi connectivity index (χ0v) is 23.8. The van der Waals surface area contributed by atoms with Gasteiger partial charge in [-0.3, -0.25) is 14.5 Å². The molecule has 0 spiro atoms. The number of benzene rings is 3. The number of aliphatic imine (C=N–C) groups is 1. The predicted octanol–water partition coefficient (Wildman–Crippen LogP) is 4.90. The van der Waals surface area contributed by atoms with Crippen molar-refractivity contribution >= 4 is 23.0 Å². The number of allylic oxidation sites excluding steroid dienone is 1. The maximum Gasteiger partial charge on any atom is 0.196 e. The van der Waals surface area contributed by atoms with E-state index >= 15 is 0 Å². The molecule has 42 heavy (non-hydrogen) atoms. The second-order valence-corrected chi connectivity index (χ2v) is 11.4. The van der Waals surface area contributed by atoms with Gasteiger partial charge in [0.25, 0.3) is 0 Å². The molecule has 0 amide bonds. The first-order valence-corrected chi connectivity index (χ1v) is 14.8. The number of hydrogen-bond donors (Lipinski definition) is 1. The van der Waals surface area contributed by atoms with E-state index in [1.165, 1.54) is 5.56 Å². The Morgan fingerprint density at radius 3 is 2.31 bits per heavy atom. The molecule has 7 heteroatoms. The van der Waals surface area contributed by atoms with Crippen LogP contribution in [-0.4, -0.2) is 72.5 Å². The van der Waals surface area contributed by atoms with E-state index in [-0.39, 0.29) is 11.6 Å². The summed E-state index contributed by atoms with van der Waals surface area (Å²) in [7, 11) is 0. The highest BCUT2D eigenvalue weighted by Gasteiger charge is 2.43. The SMILES string of the molecule is Cc1ccc2c(c1)N=C1C3=C(C(=O)c4ccccc4C3=O)C(NCCCN3CCN(Cc4ccccc4)CC3)=CC1O2. The fraction of sp³-hybridized carbons (Fsp3) is 0.286. The molecule has 7 rings (SSSR count). The average molecular weight is 559 g/mol. The number of ketones is 2. The molecule has 1 atom stereocenters. The van der Waals surface area contributed by atoms with Gasteiger partial charge in [-0.2, -0.15) is 0 Å². The zero-order chi connectivity index (χ0) is 28.6. The van der Waals surface area contributed by atoms with Gasteiger partial charge in [0.1, 0.15) is 11.4 Å². The van der Waals surface area contributed by atoms with Gasteiger partial charge in [0.05, 0.1) is 16.9 Å². The zero-order valence-electron chi connectivity index (χ0n) is 23.8. The maximum absolute atomic E-state index is 13.8. The molecule has 0 bridgehead atoms. The van der Waals surface area contributed by atoms with Gasteiger partial charge in [0.2, 0.25) is 0 Å². The van der Waals surface area contributed by atoms with Gasteiger partial charge < -0.3 is 15.0 Å². The molecule has 1 unspecified atom stereocenters. The second-order valence-electron chi connectivity index (χ2n) is 11.4. The van der Waals surface area contributed by atoms with Crippen LogP contribution in [0.2, 0.25) is 0 Å². The molecular weight excluding hydrogens is 524 g/mol. The highest BCUT2D eigenvalue weighted by Crippen LogP contribution is 2.41. The van der Waals surface area contributed by atoms with E-state index in [1.54, 1.807) is 24.3 Å². The molecule has 0 aromatic heterocycles. The maximum atomic E-state index is 13.8. The quantitative estimate of drug-likeness (QED) is 0.416. The van der Waals surface area contributed by atoms with Crippen molar-refractivity contribution in [1.29, 1.82) is 0 Å². The summed E-state index contributed by atoms with van der Waals surface area (Å²) in [5.74, 6) is 0.351. The third-order valence-electron chi connectivity index (χ3n) is 8.52. The molecule has 1 N–H and O–H groups in total. The minimum absolute atomic E-state index is 0.148. The Hall–Kier alpha value is -4.33. The molecule has 0 saturated carbocycles. The van der Waals surface area contributed by atoms with Gasteiger partial charge in [-0.1, -0.05) is 60.7 Å². The van der Waals surface area contributed by atoms with Crippen LogP contribution in [0.25, 0.3) is 0 Å². The highest BCUT2D eigenvalue weighted by molar-refractivity contribution is 6.40. The van der Waals surface area contributed by atoms with Gasteiger partial charge in [-0.25, -0.2) is 4.99 Å². The minimum Gasteiger partial charge on any atom is -0.478 e. The number of Topliss-reactive ketones (excluding diaryl/α,β-unsaturated/α-hetero) is 2. The predicted molar refractivity (Wildman–Crippen MR) is 164 cm³/mol. The third-order valence-corrected chi connectivity index (χ3v) is 8.52. The van der Waals surface area contributed by atoms with Crippen molar-refractivity contribution in [2.75, 3.05) is 39.3 Å². The standard InChI is InChI=1S/C35H34N4O3/c1-23-12-13-29-27(20-23)37-33-30(42-29)21-28(31-32(33)35(41)26-11-6-5-10-25(26)34(31)40)36-14-7-15-38-16-18-39(19-17-38)22-24-8-3-2-4-9-24/h2-6,8-13,20-21,30,36H,7,14-19,22H2,1H3. The van der Waals surface area contributed by atoms with E-state index in [0.717, 1.165) is 51.3 Å². The van der Waals surface area contributed by atoms with Gasteiger partial charge in [-0.15, -0.1) is 0 Å². The van der Waals surface area contributed by atoms with Crippen molar-refractivity contribution in [1.82, 2.24) is 15.1 Å². The molecule has 2 aliphatic heterocycles. The Morgan fingerprint density at radius 1 is 0.857 bits per heavy atom. The van der Waals surface area contributed by atoms with Crippen LogP contribution in [0.4, 0.5) is 5.69 Å². The topological polar surface area (TPSA) is 74.2 Å². The lowest BCUT2D eigenvalue weighted by Gasteiger charge is -2.35. The summed E-state index contributed by atoms with van der Waals surface area (Å²) in [6.07, 6.45) is 2.30. The monoisotopic (exact) mass is 558 g/mol. The molecule has 4 aliphatic rings. The molecule has 3 aromatic rings. The molecule has 3 aromatic carbocycles. The van der Waals surface area contributed by atoms with Crippen LogP contribution < -0.4 is 10.1 Å². The van der Waals surface area contributed by atoms with Crippen molar-refractivity contribution in [3.05, 3.63) is 118 Å². The Bertz CT molecular complexity index is 1650. The van der Waals surface area contributed by atoms with E-state index < -0.39 is 6.10 Å². The number of carbonyl (C=O) groups is 2. The fourth-order valence-corrected chi connectivity index (χ4v) is 6.31. The smallest absolute Gasteiger partial charge is 0.196 e. The van der Waals surface area contributed by atoms with Crippen molar-refractivity contribution < 1.29 is 14.3 Å². The first-order valence-electron chi connectivity index (χ1n) is 14.8. The van der Waals surface area contributed by atoms with Crippen LogP contribution in [0.3, 0.4) is 0 Å². The van der Waals surface area contributed by atoms with Crippen LogP contribution in [0.1, 0.15) is 38.3 Å². The lowest BCUT2D eigenvalue weighted by molar-refractivity contribution is 0.0978. The van der Waals surface area contributed by atoms with Gasteiger partial charge in [-0.05, 0) is 49.2 Å². The molecule has 1 saturated heterocycles. The van der Waals surface area contributed by atoms with Crippen LogP contribution in [0.15, 0.2) is 101 Å². The van der Waals surface area contributed by atoms with Crippen LogP contribution >= 0.6 is 0 Å². The summed E-state index contributed by atoms with van der Waals surface area (Å²) < 4.78 is 6.34. The number of hydrogen-bond acceptors (Lipinski definition) is 7. The van der Waals surface area contributed by atoms with E-state index in [0.29, 0.717) is 51.7 Å². The summed E-state index contributed by atoms with van der Waals surface area (Å²) in [4.78, 5) is 37.6. The molecule has 7 nitrogen and oxygen atoms in total. The molecule has 0 radical (unpaired) electrons. The van der Waals surface area contributed by atoms with Crippen molar-refractivity contribution in [2.45, 2.75) is 26.0 Å².